The maximum atomic E-state index is 12.7. The lowest BCUT2D eigenvalue weighted by Gasteiger charge is -2.21. The van der Waals surface area contributed by atoms with E-state index in [0.29, 0.717) is 28.8 Å². The highest BCUT2D eigenvalue weighted by atomic mass is 79.9. The van der Waals surface area contributed by atoms with Gasteiger partial charge < -0.3 is 5.32 Å². The van der Waals surface area contributed by atoms with E-state index in [0.717, 1.165) is 12.8 Å². The molecule has 0 atom stereocenters. The monoisotopic (exact) mass is 438 g/mol. The molecule has 0 unspecified atom stereocenters. The van der Waals surface area contributed by atoms with Crippen LogP contribution in [0, 0.1) is 0 Å². The Bertz CT molecular complexity index is 845. The third kappa shape index (κ3) is 4.93. The van der Waals surface area contributed by atoms with E-state index in [1.807, 2.05) is 19.9 Å². The van der Waals surface area contributed by atoms with Gasteiger partial charge in [-0.15, -0.1) is 0 Å². The highest BCUT2D eigenvalue weighted by Gasteiger charge is 2.23. The Morgan fingerprint density at radius 1 is 1.00 bits per heavy atom. The molecule has 7 heteroatoms. The average molecular weight is 439 g/mol. The van der Waals surface area contributed by atoms with Crippen molar-refractivity contribution in [1.29, 1.82) is 0 Å². The van der Waals surface area contributed by atoms with Gasteiger partial charge in [-0.05, 0) is 65.2 Å². The van der Waals surface area contributed by atoms with E-state index in [2.05, 4.69) is 21.2 Å². The van der Waals surface area contributed by atoms with Gasteiger partial charge in [0.05, 0.1) is 10.5 Å². The van der Waals surface area contributed by atoms with Gasteiger partial charge in [0.15, 0.2) is 0 Å². The van der Waals surface area contributed by atoms with E-state index in [-0.39, 0.29) is 10.8 Å². The van der Waals surface area contributed by atoms with Gasteiger partial charge in [-0.2, -0.15) is 4.31 Å². The van der Waals surface area contributed by atoms with Crippen LogP contribution in [0.3, 0.4) is 0 Å². The predicted molar refractivity (Wildman–Crippen MR) is 108 cm³/mol. The molecule has 0 aliphatic carbocycles. The van der Waals surface area contributed by atoms with Gasteiger partial charge in [0, 0.05) is 23.2 Å². The minimum absolute atomic E-state index is 0.235. The standard InChI is InChI=1S/C19H23BrN2O3S/c1-3-13-22(14-4-2)26(24,25)16-11-9-15(10-12-16)21-19(23)17-7-5-6-8-18(17)20/h5-12H,3-4,13-14H2,1-2H3,(H,21,23). The third-order valence-electron chi connectivity index (χ3n) is 3.81. The van der Waals surface area contributed by atoms with Crippen LogP contribution in [0.15, 0.2) is 57.9 Å². The summed E-state index contributed by atoms with van der Waals surface area (Å²) in [4.78, 5) is 12.6. The molecule has 0 aromatic heterocycles. The summed E-state index contributed by atoms with van der Waals surface area (Å²) in [5, 5.41) is 2.78. The number of benzene rings is 2. The van der Waals surface area contributed by atoms with E-state index in [9.17, 15) is 13.2 Å². The van der Waals surface area contributed by atoms with Gasteiger partial charge in [-0.3, -0.25) is 4.79 Å². The van der Waals surface area contributed by atoms with Crippen molar-refractivity contribution in [3.8, 4) is 0 Å². The normalized spacial score (nSPS) is 11.5. The molecule has 2 aromatic rings. The first kappa shape index (κ1) is 20.6. The minimum Gasteiger partial charge on any atom is -0.322 e. The number of sulfonamides is 1. The summed E-state index contributed by atoms with van der Waals surface area (Å²) in [5.41, 5.74) is 1.06. The van der Waals surface area contributed by atoms with Crippen LogP contribution in [-0.2, 0) is 10.0 Å². The summed E-state index contributed by atoms with van der Waals surface area (Å²) in [7, 11) is -3.52. The Hall–Kier alpha value is -1.70. The fraction of sp³-hybridized carbons (Fsp3) is 0.316. The van der Waals surface area contributed by atoms with Crippen LogP contribution >= 0.6 is 15.9 Å². The molecule has 0 saturated heterocycles. The zero-order valence-electron chi connectivity index (χ0n) is 14.9. The maximum Gasteiger partial charge on any atom is 0.256 e. The number of rotatable bonds is 8. The fourth-order valence-corrected chi connectivity index (χ4v) is 4.64. The van der Waals surface area contributed by atoms with Crippen LogP contribution in [-0.4, -0.2) is 31.7 Å². The molecule has 0 bridgehead atoms. The van der Waals surface area contributed by atoms with Crippen LogP contribution in [0.5, 0.6) is 0 Å². The first-order valence-corrected chi connectivity index (χ1v) is 10.8. The SMILES string of the molecule is CCCN(CCC)S(=O)(=O)c1ccc(NC(=O)c2ccccc2Br)cc1. The molecule has 0 saturated carbocycles. The second-order valence-corrected chi connectivity index (χ2v) is 8.65. The van der Waals surface area contributed by atoms with Crippen LogP contribution in [0.1, 0.15) is 37.0 Å². The van der Waals surface area contributed by atoms with Gasteiger partial charge in [0.2, 0.25) is 10.0 Å². The van der Waals surface area contributed by atoms with Crippen molar-refractivity contribution in [3.63, 3.8) is 0 Å². The Balaban J connectivity index is 2.17. The lowest BCUT2D eigenvalue weighted by molar-refractivity contribution is 0.102. The number of carbonyl (C=O) groups is 1. The fourth-order valence-electron chi connectivity index (χ4n) is 2.55. The molecular weight excluding hydrogens is 416 g/mol. The zero-order valence-corrected chi connectivity index (χ0v) is 17.3. The third-order valence-corrected chi connectivity index (χ3v) is 6.42. The zero-order chi connectivity index (χ0) is 19.2. The minimum atomic E-state index is -3.52. The van der Waals surface area contributed by atoms with Crippen molar-refractivity contribution in [3.05, 3.63) is 58.6 Å². The van der Waals surface area contributed by atoms with Gasteiger partial charge >= 0.3 is 0 Å². The lowest BCUT2D eigenvalue weighted by Crippen LogP contribution is -2.32. The largest absolute Gasteiger partial charge is 0.322 e. The number of nitrogens with one attached hydrogen (secondary N) is 1. The average Bonchev–Trinajstić information content (AvgIpc) is 2.62. The summed E-state index contributed by atoms with van der Waals surface area (Å²) in [6, 6.07) is 13.4. The molecular formula is C19H23BrN2O3S. The number of amides is 1. The maximum absolute atomic E-state index is 12.7. The molecule has 2 rings (SSSR count). The smallest absolute Gasteiger partial charge is 0.256 e. The van der Waals surface area contributed by atoms with Crippen molar-refractivity contribution >= 4 is 37.5 Å². The van der Waals surface area contributed by atoms with E-state index in [1.54, 1.807) is 30.3 Å². The summed E-state index contributed by atoms with van der Waals surface area (Å²) >= 11 is 3.35. The molecule has 0 aliphatic heterocycles. The van der Waals surface area contributed by atoms with Gasteiger partial charge in [-0.25, -0.2) is 8.42 Å². The number of hydrogen-bond donors (Lipinski definition) is 1. The van der Waals surface area contributed by atoms with Gasteiger partial charge in [-0.1, -0.05) is 26.0 Å². The van der Waals surface area contributed by atoms with E-state index in [4.69, 9.17) is 0 Å². The molecule has 26 heavy (non-hydrogen) atoms. The molecule has 0 heterocycles. The van der Waals surface area contributed by atoms with E-state index < -0.39 is 10.0 Å². The van der Waals surface area contributed by atoms with Crippen molar-refractivity contribution in [1.82, 2.24) is 4.31 Å². The van der Waals surface area contributed by atoms with Gasteiger partial charge in [0.1, 0.15) is 0 Å². The quantitative estimate of drug-likeness (QED) is 0.658. The number of halogens is 1. The molecule has 0 radical (unpaired) electrons. The summed E-state index contributed by atoms with van der Waals surface area (Å²) < 4.78 is 27.7. The lowest BCUT2D eigenvalue weighted by atomic mass is 10.2. The van der Waals surface area contributed by atoms with Crippen LogP contribution in [0.25, 0.3) is 0 Å². The van der Waals surface area contributed by atoms with Crippen LogP contribution in [0.2, 0.25) is 0 Å². The summed E-state index contributed by atoms with van der Waals surface area (Å²) in [5.74, 6) is -0.258. The second-order valence-electron chi connectivity index (χ2n) is 5.86. The predicted octanol–water partition coefficient (Wildman–Crippen LogP) is 4.51. The van der Waals surface area contributed by atoms with Crippen molar-refractivity contribution in [2.45, 2.75) is 31.6 Å². The first-order valence-electron chi connectivity index (χ1n) is 8.56. The topological polar surface area (TPSA) is 66.5 Å². The Labute approximate surface area is 163 Å². The van der Waals surface area contributed by atoms with Gasteiger partial charge in [0.25, 0.3) is 5.91 Å². The summed E-state index contributed by atoms with van der Waals surface area (Å²) in [6.07, 6.45) is 1.53. The highest BCUT2D eigenvalue weighted by Crippen LogP contribution is 2.21. The second kappa shape index (κ2) is 9.30. The Kier molecular flexibility index (Phi) is 7.37. The molecule has 0 spiro atoms. The van der Waals surface area contributed by atoms with E-state index in [1.165, 1.54) is 16.4 Å². The van der Waals surface area contributed by atoms with Crippen LogP contribution < -0.4 is 5.32 Å². The first-order chi connectivity index (χ1) is 12.4. The molecule has 0 aliphatic rings. The van der Waals surface area contributed by atoms with E-state index >= 15 is 0 Å². The number of carbonyl (C=O) groups excluding carboxylic acids is 1. The molecule has 1 N–H and O–H groups in total. The van der Waals surface area contributed by atoms with Crippen molar-refractivity contribution < 1.29 is 13.2 Å². The van der Waals surface area contributed by atoms with Crippen LogP contribution in [0.4, 0.5) is 5.69 Å². The number of anilines is 1. The molecule has 1 amide bonds. The number of nitrogens with zero attached hydrogens (tertiary/aromatic N) is 1. The Morgan fingerprint density at radius 3 is 2.12 bits per heavy atom. The Morgan fingerprint density at radius 2 is 1.58 bits per heavy atom. The van der Waals surface area contributed by atoms with Crippen molar-refractivity contribution in [2.75, 3.05) is 18.4 Å². The molecule has 0 fully saturated rings. The molecule has 5 nitrogen and oxygen atoms in total. The van der Waals surface area contributed by atoms with Crippen molar-refractivity contribution in [2.24, 2.45) is 0 Å². The molecule has 2 aromatic carbocycles. The number of hydrogen-bond acceptors (Lipinski definition) is 3. The summed E-state index contributed by atoms with van der Waals surface area (Å²) in [6.45, 7) is 4.91. The molecule has 140 valence electrons. The highest BCUT2D eigenvalue weighted by molar-refractivity contribution is 9.10.